The van der Waals surface area contributed by atoms with E-state index >= 15 is 0 Å². The molecular weight excluding hydrogens is 254 g/mol. The van der Waals surface area contributed by atoms with E-state index in [0.717, 1.165) is 11.2 Å². The molecule has 0 radical (unpaired) electrons. The molecule has 1 saturated heterocycles. The number of hydrogen-bond donors (Lipinski definition) is 2. The van der Waals surface area contributed by atoms with Crippen LogP contribution in [0.1, 0.15) is 12.8 Å². The van der Waals surface area contributed by atoms with Gasteiger partial charge in [-0.3, -0.25) is 9.08 Å². The van der Waals surface area contributed by atoms with Crippen molar-refractivity contribution >= 4 is 22.2 Å². The van der Waals surface area contributed by atoms with Crippen molar-refractivity contribution in [2.24, 2.45) is 0 Å². The minimum Gasteiger partial charge on any atom is -0.480 e. The van der Waals surface area contributed by atoms with E-state index in [1.165, 1.54) is 0 Å². The van der Waals surface area contributed by atoms with Gasteiger partial charge in [-0.1, -0.05) is 0 Å². The second-order valence-corrected chi connectivity index (χ2v) is 5.38. The van der Waals surface area contributed by atoms with Crippen LogP contribution in [0, 0.1) is 0 Å². The van der Waals surface area contributed by atoms with Crippen LogP contribution in [0.4, 0.5) is 4.79 Å². The molecule has 1 aliphatic rings. The molecular formula is C8H13NO7S. The topological polar surface area (TPSA) is 121 Å². The number of piperidine rings is 1. The maximum absolute atomic E-state index is 10.9. The predicted octanol–water partition coefficient (Wildman–Crippen LogP) is -0.442. The van der Waals surface area contributed by atoms with Crippen LogP contribution in [0.25, 0.3) is 0 Å². The lowest BCUT2D eigenvalue weighted by Crippen LogP contribution is -2.51. The van der Waals surface area contributed by atoms with Gasteiger partial charge in [0.25, 0.3) is 10.1 Å². The van der Waals surface area contributed by atoms with Crippen LogP contribution in [0.2, 0.25) is 0 Å². The largest absolute Gasteiger partial charge is 0.480 e. The highest BCUT2D eigenvalue weighted by Crippen LogP contribution is 2.21. The molecule has 0 unspecified atom stereocenters. The van der Waals surface area contributed by atoms with Gasteiger partial charge in [0.15, 0.2) is 0 Å². The van der Waals surface area contributed by atoms with Crippen molar-refractivity contribution < 1.29 is 32.4 Å². The molecule has 1 rings (SSSR count). The van der Waals surface area contributed by atoms with Crippen LogP contribution in [0.15, 0.2) is 0 Å². The highest BCUT2D eigenvalue weighted by molar-refractivity contribution is 7.86. The zero-order valence-corrected chi connectivity index (χ0v) is 9.88. The number of hydrogen-bond acceptors (Lipinski definition) is 5. The molecule has 8 nitrogen and oxygen atoms in total. The molecule has 0 aromatic rings. The summed E-state index contributed by atoms with van der Waals surface area (Å²) < 4.78 is 26.5. The van der Waals surface area contributed by atoms with E-state index < -0.39 is 34.3 Å². The molecule has 0 saturated carbocycles. The van der Waals surface area contributed by atoms with E-state index in [1.807, 2.05) is 0 Å². The molecule has 1 amide bonds. The summed E-state index contributed by atoms with van der Waals surface area (Å²) in [7, 11) is -3.67. The van der Waals surface area contributed by atoms with E-state index in [4.69, 9.17) is 10.2 Å². The van der Waals surface area contributed by atoms with Crippen LogP contribution in [-0.2, 0) is 19.1 Å². The third-order valence-corrected chi connectivity index (χ3v) is 3.02. The van der Waals surface area contributed by atoms with Crippen molar-refractivity contribution in [1.82, 2.24) is 4.90 Å². The van der Waals surface area contributed by atoms with Crippen molar-refractivity contribution in [3.63, 3.8) is 0 Å². The third kappa shape index (κ3) is 3.86. The summed E-state index contributed by atoms with van der Waals surface area (Å²) in [5, 5.41) is 17.6. The van der Waals surface area contributed by atoms with Crippen LogP contribution in [0.3, 0.4) is 0 Å². The fraction of sp³-hybridized carbons (Fsp3) is 0.750. The Morgan fingerprint density at radius 3 is 2.35 bits per heavy atom. The van der Waals surface area contributed by atoms with E-state index in [9.17, 15) is 18.0 Å². The zero-order chi connectivity index (χ0) is 13.2. The first kappa shape index (κ1) is 13.7. The average Bonchev–Trinajstić information content (AvgIpc) is 2.14. The summed E-state index contributed by atoms with van der Waals surface area (Å²) in [6.45, 7) is -0.0630. The number of rotatable bonds is 3. The van der Waals surface area contributed by atoms with E-state index in [-0.39, 0.29) is 19.4 Å². The smallest absolute Gasteiger partial charge is 0.408 e. The van der Waals surface area contributed by atoms with Gasteiger partial charge in [0.05, 0.1) is 12.4 Å². The molecule has 0 aromatic heterocycles. The van der Waals surface area contributed by atoms with Gasteiger partial charge in [-0.05, 0) is 6.42 Å². The van der Waals surface area contributed by atoms with E-state index in [0.29, 0.717) is 0 Å². The molecule has 1 heterocycles. The molecule has 0 aliphatic carbocycles. The number of likely N-dealkylation sites (tertiary alicyclic amines) is 1. The van der Waals surface area contributed by atoms with Crippen molar-refractivity contribution in [2.45, 2.75) is 25.0 Å². The Balaban J connectivity index is 2.75. The maximum atomic E-state index is 10.9. The second kappa shape index (κ2) is 4.88. The highest BCUT2D eigenvalue weighted by Gasteiger charge is 2.37. The first-order chi connectivity index (χ1) is 7.70. The summed E-state index contributed by atoms with van der Waals surface area (Å²) in [4.78, 5) is 22.4. The second-order valence-electron chi connectivity index (χ2n) is 3.78. The number of carboxylic acids is 1. The third-order valence-electron chi connectivity index (χ3n) is 2.40. The van der Waals surface area contributed by atoms with Gasteiger partial charge in [-0.15, -0.1) is 0 Å². The van der Waals surface area contributed by atoms with Crippen molar-refractivity contribution in [2.75, 3.05) is 12.8 Å². The first-order valence-electron chi connectivity index (χ1n) is 4.81. The Morgan fingerprint density at radius 2 is 1.94 bits per heavy atom. The van der Waals surface area contributed by atoms with E-state index in [2.05, 4.69) is 4.18 Å². The van der Waals surface area contributed by atoms with Crippen LogP contribution in [0.5, 0.6) is 0 Å². The number of nitrogens with zero attached hydrogens (tertiary/aromatic N) is 1. The summed E-state index contributed by atoms with van der Waals surface area (Å²) in [5.41, 5.74) is 0. The number of amides is 1. The van der Waals surface area contributed by atoms with Crippen LogP contribution >= 0.6 is 0 Å². The molecule has 2 atom stereocenters. The van der Waals surface area contributed by atoms with Crippen molar-refractivity contribution in [1.29, 1.82) is 0 Å². The molecule has 9 heteroatoms. The van der Waals surface area contributed by atoms with Crippen LogP contribution < -0.4 is 0 Å². The quantitative estimate of drug-likeness (QED) is 0.664. The van der Waals surface area contributed by atoms with Crippen molar-refractivity contribution in [3.8, 4) is 0 Å². The monoisotopic (exact) mass is 267 g/mol. The summed E-state index contributed by atoms with van der Waals surface area (Å²) in [5.74, 6) is -1.31. The van der Waals surface area contributed by atoms with Gasteiger partial charge in [-0.2, -0.15) is 8.42 Å². The number of carbonyl (C=O) groups is 2. The Labute approximate surface area is 97.9 Å². The molecule has 0 spiro atoms. The fourth-order valence-corrected chi connectivity index (χ4v) is 2.40. The normalized spacial score (nSPS) is 25.6. The lowest BCUT2D eigenvalue weighted by Gasteiger charge is -2.34. The number of aliphatic carboxylic acids is 1. The van der Waals surface area contributed by atoms with Gasteiger partial charge in [0, 0.05) is 13.0 Å². The standard InChI is InChI=1S/C8H13NO7S/c1-17(14,15)16-5-2-3-9(8(12)13)6(4-5)7(10)11/h5-6H,2-4H2,1H3,(H,10,11)(H,12,13)/t5-,6+/m1/s1. The molecule has 17 heavy (non-hydrogen) atoms. The average molecular weight is 267 g/mol. The Morgan fingerprint density at radius 1 is 1.35 bits per heavy atom. The van der Waals surface area contributed by atoms with Gasteiger partial charge in [0.2, 0.25) is 0 Å². The summed E-state index contributed by atoms with van der Waals surface area (Å²) >= 11 is 0. The lowest BCUT2D eigenvalue weighted by atomic mass is 10.0. The van der Waals surface area contributed by atoms with E-state index in [1.54, 1.807) is 0 Å². The Kier molecular flexibility index (Phi) is 3.94. The molecule has 0 aromatic carbocycles. The van der Waals surface area contributed by atoms with Gasteiger partial charge >= 0.3 is 12.1 Å². The molecule has 0 bridgehead atoms. The SMILES string of the molecule is CS(=O)(=O)O[C@@H]1CCN(C(=O)O)[C@H](C(=O)O)C1. The Bertz CT molecular complexity index is 418. The minimum atomic E-state index is -3.67. The fourth-order valence-electron chi connectivity index (χ4n) is 1.73. The van der Waals surface area contributed by atoms with Crippen molar-refractivity contribution in [3.05, 3.63) is 0 Å². The van der Waals surface area contributed by atoms with Gasteiger partial charge in [-0.25, -0.2) is 9.59 Å². The van der Waals surface area contributed by atoms with Gasteiger partial charge in [0.1, 0.15) is 6.04 Å². The number of carboxylic acid groups (broad SMARTS) is 2. The highest BCUT2D eigenvalue weighted by atomic mass is 32.2. The lowest BCUT2D eigenvalue weighted by molar-refractivity contribution is -0.145. The Hall–Kier alpha value is -1.35. The molecule has 98 valence electrons. The summed E-state index contributed by atoms with van der Waals surface area (Å²) in [6.07, 6.45) is -1.28. The molecule has 2 N–H and O–H groups in total. The zero-order valence-electron chi connectivity index (χ0n) is 9.07. The predicted molar refractivity (Wildman–Crippen MR) is 55.1 cm³/mol. The first-order valence-corrected chi connectivity index (χ1v) is 6.63. The maximum Gasteiger partial charge on any atom is 0.408 e. The molecule has 1 aliphatic heterocycles. The summed E-state index contributed by atoms with van der Waals surface area (Å²) in [6, 6.07) is -1.27. The van der Waals surface area contributed by atoms with Gasteiger partial charge < -0.3 is 10.2 Å². The van der Waals surface area contributed by atoms with Crippen LogP contribution in [-0.4, -0.2) is 60.5 Å². The minimum absolute atomic E-state index is 0.0630. The molecule has 1 fully saturated rings.